The van der Waals surface area contributed by atoms with Gasteiger partial charge in [0.1, 0.15) is 6.42 Å². The molecule has 0 rings (SSSR count). The number of carboxylic acid groups (broad SMARTS) is 2. The molecule has 0 atom stereocenters. The van der Waals surface area contributed by atoms with Crippen LogP contribution in [0.3, 0.4) is 0 Å². The molecule has 0 unspecified atom stereocenters. The van der Waals surface area contributed by atoms with Crippen molar-refractivity contribution in [2.24, 2.45) is 0 Å². The van der Waals surface area contributed by atoms with Gasteiger partial charge in [0.2, 0.25) is 0 Å². The number of carbonyl (C=O) groups excluding carboxylic acids is 4. The van der Waals surface area contributed by atoms with Crippen molar-refractivity contribution < 1.29 is 108 Å². The molecule has 0 amide bonds. The molecular weight excluding hydrogens is 344 g/mol. The van der Waals surface area contributed by atoms with E-state index in [9.17, 15) is 28.8 Å². The second-order valence-electron chi connectivity index (χ2n) is 3.19. The van der Waals surface area contributed by atoms with E-state index in [0.29, 0.717) is 0 Å². The van der Waals surface area contributed by atoms with E-state index in [1.807, 2.05) is 0 Å². The second-order valence-corrected chi connectivity index (χ2v) is 3.19. The van der Waals surface area contributed by atoms with Crippen molar-refractivity contribution in [3.05, 3.63) is 0 Å². The Kier molecular flexibility index (Phi) is 14.9. The van der Waals surface area contributed by atoms with Gasteiger partial charge in [0.15, 0.2) is 0 Å². The van der Waals surface area contributed by atoms with Crippen molar-refractivity contribution in [3.63, 3.8) is 0 Å². The van der Waals surface area contributed by atoms with E-state index in [0.717, 1.165) is 0 Å². The number of hydrogen-bond acceptors (Lipinski definition) is 12. The summed E-state index contributed by atoms with van der Waals surface area (Å²) >= 11 is 0. The van der Waals surface area contributed by atoms with Crippen LogP contribution in [0.2, 0.25) is 0 Å². The molecule has 0 saturated heterocycles. The van der Waals surface area contributed by atoms with E-state index in [1.54, 1.807) is 0 Å². The Labute approximate surface area is 165 Å². The standard InChI is InChI=1S/C7H6B2O14.2Li.2H/c10-2(20-8(18)22-6(16)4(12)13)1-3(11)21-9(19)23-7(17)5(14)15;;;;/h18-19H,1H2,(H,12,13)(H,14,15);;;;/q;2*+1;2*-1. The van der Waals surface area contributed by atoms with Crippen molar-refractivity contribution in [1.29, 1.82) is 0 Å². The zero-order chi connectivity index (χ0) is 18.2. The number of hydrogen-bond donors (Lipinski definition) is 4. The van der Waals surface area contributed by atoms with Gasteiger partial charge in [0.05, 0.1) is 0 Å². The van der Waals surface area contributed by atoms with Gasteiger partial charge in [-0.25, -0.2) is 19.2 Å². The first-order valence-electron chi connectivity index (χ1n) is 5.15. The first-order chi connectivity index (χ1) is 10.5. The van der Waals surface area contributed by atoms with E-state index < -0.39 is 56.9 Å². The molecule has 0 spiro atoms. The van der Waals surface area contributed by atoms with Gasteiger partial charge in [0.25, 0.3) is 0 Å². The summed E-state index contributed by atoms with van der Waals surface area (Å²) in [5, 5.41) is 33.9. The maximum absolute atomic E-state index is 11.0. The topological polar surface area (TPSA) is 220 Å². The van der Waals surface area contributed by atoms with Crippen LogP contribution in [0, 0.1) is 0 Å². The third kappa shape index (κ3) is 13.1. The van der Waals surface area contributed by atoms with Gasteiger partial charge in [-0.05, 0) is 0 Å². The summed E-state index contributed by atoms with van der Waals surface area (Å²) in [6, 6.07) is 0. The number of carbonyl (C=O) groups is 6. The summed E-state index contributed by atoms with van der Waals surface area (Å²) in [6.07, 6.45) is -1.30. The molecule has 25 heavy (non-hydrogen) atoms. The van der Waals surface area contributed by atoms with Crippen LogP contribution >= 0.6 is 0 Å². The van der Waals surface area contributed by atoms with Gasteiger partial charge in [-0.3, -0.25) is 9.59 Å². The third-order valence-corrected chi connectivity index (χ3v) is 1.52. The molecule has 4 N–H and O–H groups in total. The second kappa shape index (κ2) is 13.4. The van der Waals surface area contributed by atoms with Crippen LogP contribution in [0.1, 0.15) is 9.27 Å². The molecule has 0 aromatic rings. The average molecular weight is 352 g/mol. The predicted octanol–water partition coefficient (Wildman–Crippen LogP) is -10.1. The Morgan fingerprint density at radius 2 is 0.960 bits per heavy atom. The number of rotatable bonds is 6. The van der Waals surface area contributed by atoms with Gasteiger partial charge in [-0.2, -0.15) is 0 Å². The molecule has 0 aliphatic rings. The Bertz CT molecular complexity index is 502. The quantitative estimate of drug-likeness (QED) is 0.198. The molecule has 0 aromatic carbocycles. The third-order valence-electron chi connectivity index (χ3n) is 1.52. The first kappa shape index (κ1) is 27.9. The van der Waals surface area contributed by atoms with Crippen molar-refractivity contribution in [1.82, 2.24) is 0 Å². The fourth-order valence-electron chi connectivity index (χ4n) is 0.758. The maximum Gasteiger partial charge on any atom is 1.00 e. The van der Waals surface area contributed by atoms with Gasteiger partial charge in [-0.15, -0.1) is 0 Å². The molecule has 0 bridgehead atoms. The fraction of sp³-hybridized carbons (Fsp3) is 0.143. The monoisotopic (exact) mass is 352 g/mol. The van der Waals surface area contributed by atoms with Crippen LogP contribution in [0.5, 0.6) is 0 Å². The summed E-state index contributed by atoms with van der Waals surface area (Å²) in [4.78, 5) is 63.1. The SMILES string of the molecule is O=C(CC(=O)OB(O)OC(=O)C(=O)O)OB(O)OC(=O)C(=O)O.[H-].[H-].[Li+].[Li+]. The minimum absolute atomic E-state index is 0. The minimum atomic E-state index is -2.63. The molecule has 0 aliphatic carbocycles. The van der Waals surface area contributed by atoms with Gasteiger partial charge in [-0.1, -0.05) is 0 Å². The van der Waals surface area contributed by atoms with Crippen LogP contribution in [0.25, 0.3) is 0 Å². The van der Waals surface area contributed by atoms with Gasteiger partial charge < -0.3 is 41.7 Å². The predicted molar refractivity (Wildman–Crippen MR) is 62.4 cm³/mol. The minimum Gasteiger partial charge on any atom is -1.00 e. The summed E-state index contributed by atoms with van der Waals surface area (Å²) < 4.78 is 15.1. The van der Waals surface area contributed by atoms with E-state index in [2.05, 4.69) is 18.6 Å². The van der Waals surface area contributed by atoms with E-state index in [1.165, 1.54) is 0 Å². The Morgan fingerprint density at radius 1 is 0.680 bits per heavy atom. The Balaban J connectivity index is -0.000000403. The molecule has 18 heteroatoms. The fourth-order valence-corrected chi connectivity index (χ4v) is 0.758. The molecular formula is C7H8B2Li2O14. The van der Waals surface area contributed by atoms with Crippen molar-refractivity contribution in [2.45, 2.75) is 6.42 Å². The Hall–Kier alpha value is -1.94. The molecule has 14 nitrogen and oxygen atoms in total. The van der Waals surface area contributed by atoms with Gasteiger partial charge in [0, 0.05) is 0 Å². The van der Waals surface area contributed by atoms with E-state index in [4.69, 9.17) is 20.3 Å². The molecule has 0 radical (unpaired) electrons. The molecule has 0 heterocycles. The van der Waals surface area contributed by atoms with Crippen LogP contribution in [0.4, 0.5) is 0 Å². The number of aliphatic carboxylic acids is 2. The first-order valence-corrected chi connectivity index (χ1v) is 5.15. The van der Waals surface area contributed by atoms with Gasteiger partial charge >= 0.3 is 88.2 Å². The number of carboxylic acids is 2. The summed E-state index contributed by atoms with van der Waals surface area (Å²) in [5.74, 6) is -11.3. The molecule has 128 valence electrons. The van der Waals surface area contributed by atoms with Crippen LogP contribution in [0.15, 0.2) is 0 Å². The largest absolute Gasteiger partial charge is 1.00 e. The Morgan fingerprint density at radius 3 is 1.20 bits per heavy atom. The smallest absolute Gasteiger partial charge is 1.00 e. The van der Waals surface area contributed by atoms with E-state index in [-0.39, 0.29) is 40.6 Å². The van der Waals surface area contributed by atoms with Crippen LogP contribution in [-0.2, 0) is 47.4 Å². The maximum atomic E-state index is 11.0. The average Bonchev–Trinajstić information content (AvgIpc) is 2.36. The molecule has 0 aromatic heterocycles. The van der Waals surface area contributed by atoms with Crippen LogP contribution < -0.4 is 37.7 Å². The van der Waals surface area contributed by atoms with Crippen molar-refractivity contribution in [3.8, 4) is 0 Å². The van der Waals surface area contributed by atoms with E-state index >= 15 is 0 Å². The molecule has 0 fully saturated rings. The summed E-state index contributed by atoms with van der Waals surface area (Å²) in [7, 11) is -5.26. The van der Waals surface area contributed by atoms with Crippen molar-refractivity contribution in [2.75, 3.05) is 0 Å². The molecule has 0 saturated carbocycles. The summed E-state index contributed by atoms with van der Waals surface area (Å²) in [6.45, 7) is 0. The normalized spacial score (nSPS) is 8.40. The zero-order valence-corrected chi connectivity index (χ0v) is 12.7. The summed E-state index contributed by atoms with van der Waals surface area (Å²) in [5.41, 5.74) is 0. The molecule has 0 aliphatic heterocycles. The zero-order valence-electron chi connectivity index (χ0n) is 14.7. The van der Waals surface area contributed by atoms with Crippen LogP contribution in [-0.4, -0.2) is 70.7 Å². The van der Waals surface area contributed by atoms with Crippen molar-refractivity contribution >= 4 is 50.5 Å².